The fourth-order valence-corrected chi connectivity index (χ4v) is 2.23. The maximum absolute atomic E-state index is 9.62. The lowest BCUT2D eigenvalue weighted by atomic mass is 9.73. The molecule has 1 atom stereocenters. The molecule has 0 spiro atoms. The van der Waals surface area contributed by atoms with Crippen LogP contribution in [-0.4, -0.2) is 25.1 Å². The van der Waals surface area contributed by atoms with Gasteiger partial charge in [0.05, 0.1) is 12.7 Å². The number of rotatable bonds is 3. The highest BCUT2D eigenvalue weighted by atomic mass is 16.5. The first kappa shape index (κ1) is 13.9. The van der Waals surface area contributed by atoms with E-state index < -0.39 is 0 Å². The summed E-state index contributed by atoms with van der Waals surface area (Å²) in [6.45, 7) is 6.11. The number of aliphatic hydroxyl groups excluding tert-OH is 1. The van der Waals surface area contributed by atoms with Crippen molar-refractivity contribution in [2.24, 2.45) is 0 Å². The Kier molecular flexibility index (Phi) is 4.49. The molecule has 0 saturated carbocycles. The van der Waals surface area contributed by atoms with Gasteiger partial charge in [-0.3, -0.25) is 0 Å². The predicted molar refractivity (Wildman–Crippen MR) is 80.6 cm³/mol. The van der Waals surface area contributed by atoms with Crippen LogP contribution >= 0.6 is 0 Å². The summed E-state index contributed by atoms with van der Waals surface area (Å²) < 4.78 is 6.00. The molecule has 1 N–H and O–H groups in total. The zero-order valence-corrected chi connectivity index (χ0v) is 11.8. The summed E-state index contributed by atoms with van der Waals surface area (Å²) in [7, 11) is 2.06. The Morgan fingerprint density at radius 3 is 2.58 bits per heavy atom. The summed E-state index contributed by atoms with van der Waals surface area (Å²) in [5, 5.41) is 9.62. The quantitative estimate of drug-likeness (QED) is 0.841. The molecule has 1 heterocycles. The summed E-state index contributed by atoms with van der Waals surface area (Å²) >= 11 is 0. The smallest absolute Gasteiger partial charge is 0.148 e. The first-order chi connectivity index (χ1) is 9.15. The number of ether oxygens (including phenoxy) is 1. The standard InChI is InChI=1S/C16H20BO2/c1-11-4-5-12(2)19-16(15(11)10-18)13-6-8-14(17-3)9-7-13/h4,6-9,12,18H,5,10H2,1-3H3. The minimum Gasteiger partial charge on any atom is -0.489 e. The molecule has 2 nitrogen and oxygen atoms in total. The van der Waals surface area contributed by atoms with Gasteiger partial charge in [-0.1, -0.05) is 42.6 Å². The van der Waals surface area contributed by atoms with Gasteiger partial charge >= 0.3 is 0 Å². The topological polar surface area (TPSA) is 29.5 Å². The van der Waals surface area contributed by atoms with Gasteiger partial charge in [0.15, 0.2) is 0 Å². The third-order valence-corrected chi connectivity index (χ3v) is 3.49. The van der Waals surface area contributed by atoms with Gasteiger partial charge in [-0.15, -0.1) is 0 Å². The second-order valence-electron chi connectivity index (χ2n) is 4.93. The number of benzene rings is 1. The fraction of sp³-hybridized carbons (Fsp3) is 0.375. The van der Waals surface area contributed by atoms with Crippen molar-refractivity contribution >= 4 is 18.5 Å². The molecule has 0 saturated heterocycles. The zero-order valence-electron chi connectivity index (χ0n) is 11.8. The van der Waals surface area contributed by atoms with Crippen molar-refractivity contribution in [1.82, 2.24) is 0 Å². The van der Waals surface area contributed by atoms with E-state index in [4.69, 9.17) is 4.74 Å². The van der Waals surface area contributed by atoms with Crippen LogP contribution in [0.2, 0.25) is 6.82 Å². The Balaban J connectivity index is 2.45. The molecule has 99 valence electrons. The molecule has 1 unspecified atom stereocenters. The molecule has 3 heteroatoms. The van der Waals surface area contributed by atoms with Gasteiger partial charge in [-0.2, -0.15) is 0 Å². The molecule has 2 rings (SSSR count). The van der Waals surface area contributed by atoms with Crippen molar-refractivity contribution in [3.8, 4) is 0 Å². The van der Waals surface area contributed by atoms with Crippen LogP contribution in [0.4, 0.5) is 0 Å². The van der Waals surface area contributed by atoms with Crippen LogP contribution in [0, 0.1) is 0 Å². The van der Waals surface area contributed by atoms with Gasteiger partial charge in [0.1, 0.15) is 13.0 Å². The van der Waals surface area contributed by atoms with Crippen molar-refractivity contribution in [1.29, 1.82) is 0 Å². The average molecular weight is 255 g/mol. The predicted octanol–water partition coefficient (Wildman–Crippen LogP) is 2.52. The lowest BCUT2D eigenvalue weighted by Gasteiger charge is -2.17. The van der Waals surface area contributed by atoms with E-state index in [-0.39, 0.29) is 12.7 Å². The summed E-state index contributed by atoms with van der Waals surface area (Å²) in [4.78, 5) is 0. The molecule has 0 amide bonds. The Morgan fingerprint density at radius 2 is 2.00 bits per heavy atom. The Hall–Kier alpha value is -1.48. The van der Waals surface area contributed by atoms with E-state index in [1.165, 1.54) is 5.46 Å². The molecule has 0 bridgehead atoms. The molecule has 0 fully saturated rings. The summed E-state index contributed by atoms with van der Waals surface area (Å²) in [5.74, 6) is 0.809. The third kappa shape index (κ3) is 3.10. The molecule has 1 aliphatic heterocycles. The van der Waals surface area contributed by atoms with E-state index >= 15 is 0 Å². The average Bonchev–Trinajstić information content (AvgIpc) is 2.58. The Morgan fingerprint density at radius 1 is 1.32 bits per heavy atom. The Bertz CT molecular complexity index is 500. The normalized spacial score (nSPS) is 19.6. The van der Waals surface area contributed by atoms with E-state index in [0.29, 0.717) is 0 Å². The maximum atomic E-state index is 9.62. The zero-order chi connectivity index (χ0) is 13.8. The molecule has 19 heavy (non-hydrogen) atoms. The summed E-state index contributed by atoms with van der Waals surface area (Å²) in [5.41, 5.74) is 4.20. The van der Waals surface area contributed by atoms with E-state index in [1.54, 1.807) is 0 Å². The van der Waals surface area contributed by atoms with Crippen LogP contribution in [0.3, 0.4) is 0 Å². The first-order valence-corrected chi connectivity index (χ1v) is 6.73. The lowest BCUT2D eigenvalue weighted by molar-refractivity contribution is 0.187. The van der Waals surface area contributed by atoms with Crippen LogP contribution in [-0.2, 0) is 4.74 Å². The molecular weight excluding hydrogens is 235 g/mol. The van der Waals surface area contributed by atoms with Crippen molar-refractivity contribution in [3.05, 3.63) is 47.1 Å². The van der Waals surface area contributed by atoms with E-state index in [1.807, 2.05) is 25.9 Å². The number of hydrogen-bond acceptors (Lipinski definition) is 2. The largest absolute Gasteiger partial charge is 0.489 e. The molecule has 1 aromatic rings. The van der Waals surface area contributed by atoms with Crippen LogP contribution in [0.15, 0.2) is 41.5 Å². The summed E-state index contributed by atoms with van der Waals surface area (Å²) in [6.07, 6.45) is 3.14. The van der Waals surface area contributed by atoms with Gasteiger partial charge in [-0.25, -0.2) is 0 Å². The second kappa shape index (κ2) is 6.11. The summed E-state index contributed by atoms with van der Waals surface area (Å²) in [6, 6.07) is 8.22. The van der Waals surface area contributed by atoms with E-state index in [2.05, 4.69) is 32.4 Å². The third-order valence-electron chi connectivity index (χ3n) is 3.49. The van der Waals surface area contributed by atoms with Crippen LogP contribution in [0.5, 0.6) is 0 Å². The van der Waals surface area contributed by atoms with Gasteiger partial charge in [0, 0.05) is 17.6 Å². The van der Waals surface area contributed by atoms with E-state index in [0.717, 1.165) is 28.9 Å². The highest BCUT2D eigenvalue weighted by Crippen LogP contribution is 2.29. The first-order valence-electron chi connectivity index (χ1n) is 6.73. The SMILES string of the molecule is C[B]c1ccc(C2=C(CO)C(C)=CCC(C)O2)cc1. The minimum absolute atomic E-state index is 0.00599. The molecule has 1 aromatic carbocycles. The number of aliphatic hydroxyl groups is 1. The fourth-order valence-electron chi connectivity index (χ4n) is 2.23. The van der Waals surface area contributed by atoms with Crippen molar-refractivity contribution in [2.45, 2.75) is 33.2 Å². The second-order valence-corrected chi connectivity index (χ2v) is 4.93. The molecular formula is C16H20BO2. The van der Waals surface area contributed by atoms with E-state index in [9.17, 15) is 5.11 Å². The van der Waals surface area contributed by atoms with Crippen molar-refractivity contribution in [2.75, 3.05) is 6.61 Å². The highest BCUT2D eigenvalue weighted by molar-refractivity contribution is 6.51. The molecule has 0 aliphatic carbocycles. The van der Waals surface area contributed by atoms with Gasteiger partial charge in [0.25, 0.3) is 0 Å². The number of hydrogen-bond donors (Lipinski definition) is 1. The van der Waals surface area contributed by atoms with Crippen molar-refractivity contribution < 1.29 is 9.84 Å². The molecule has 0 aromatic heterocycles. The van der Waals surface area contributed by atoms with Gasteiger partial charge in [0.2, 0.25) is 0 Å². The van der Waals surface area contributed by atoms with Crippen LogP contribution < -0.4 is 5.46 Å². The van der Waals surface area contributed by atoms with Gasteiger partial charge < -0.3 is 9.84 Å². The van der Waals surface area contributed by atoms with Crippen LogP contribution in [0.1, 0.15) is 25.8 Å². The monoisotopic (exact) mass is 255 g/mol. The Labute approximate surface area is 116 Å². The minimum atomic E-state index is 0.00599. The lowest BCUT2D eigenvalue weighted by Crippen LogP contribution is -2.11. The molecule has 1 aliphatic rings. The highest BCUT2D eigenvalue weighted by Gasteiger charge is 2.18. The van der Waals surface area contributed by atoms with Gasteiger partial charge in [-0.05, 0) is 19.4 Å². The van der Waals surface area contributed by atoms with Crippen molar-refractivity contribution in [3.63, 3.8) is 0 Å². The maximum Gasteiger partial charge on any atom is 0.148 e. The molecule has 1 radical (unpaired) electrons. The van der Waals surface area contributed by atoms with Crippen LogP contribution in [0.25, 0.3) is 5.76 Å².